The Morgan fingerprint density at radius 3 is 2.92 bits per heavy atom. The molecule has 3 heterocycles. The minimum absolute atomic E-state index is 0.194. The minimum Gasteiger partial charge on any atom is -0.308 e. The summed E-state index contributed by atoms with van der Waals surface area (Å²) in [6.45, 7) is 1.24. The first kappa shape index (κ1) is 14.9. The van der Waals surface area contributed by atoms with E-state index < -0.39 is 0 Å². The van der Waals surface area contributed by atoms with E-state index in [0.717, 1.165) is 11.0 Å². The van der Waals surface area contributed by atoms with Crippen LogP contribution >= 0.6 is 22.9 Å². The van der Waals surface area contributed by atoms with Crippen LogP contribution in [0.5, 0.6) is 0 Å². The molecule has 25 heavy (non-hydrogen) atoms. The van der Waals surface area contributed by atoms with E-state index in [1.807, 2.05) is 28.8 Å². The molecular formula is C18H11ClFN3OS. The van der Waals surface area contributed by atoms with E-state index in [9.17, 15) is 9.18 Å². The number of carbonyl (C=O) groups is 1. The minimum atomic E-state index is -0.340. The number of hydrogen-bond acceptors (Lipinski definition) is 3. The summed E-state index contributed by atoms with van der Waals surface area (Å²) in [6.07, 6.45) is 0. The largest absolute Gasteiger partial charge is 0.308 e. The number of hydrogen-bond donors (Lipinski definition) is 0. The summed E-state index contributed by atoms with van der Waals surface area (Å²) in [7, 11) is 0. The van der Waals surface area contributed by atoms with Gasteiger partial charge in [0.25, 0.3) is 5.91 Å². The van der Waals surface area contributed by atoms with Crippen LogP contribution in [0.4, 0.5) is 10.3 Å². The molecule has 0 saturated carbocycles. The Hall–Kier alpha value is -2.44. The summed E-state index contributed by atoms with van der Waals surface area (Å²) in [5, 5.41) is 1.07. The van der Waals surface area contributed by atoms with Crippen molar-refractivity contribution >= 4 is 55.9 Å². The number of fused-ring (bicyclic) bond motifs is 4. The molecule has 5 rings (SSSR count). The van der Waals surface area contributed by atoms with Gasteiger partial charge in [0.15, 0.2) is 0 Å². The lowest BCUT2D eigenvalue weighted by Crippen LogP contribution is -2.28. The SMILES string of the molecule is O=C(c1sc2cc(F)ccc2c1Cl)N1CCn2c1nc1ccccc12. The van der Waals surface area contributed by atoms with E-state index in [1.165, 1.54) is 23.5 Å². The Kier molecular flexibility index (Phi) is 3.14. The number of carbonyl (C=O) groups excluding carboxylic acids is 1. The van der Waals surface area contributed by atoms with Crippen LogP contribution < -0.4 is 4.90 Å². The molecule has 0 radical (unpaired) electrons. The van der Waals surface area contributed by atoms with Crippen LogP contribution in [0, 0.1) is 5.82 Å². The quantitative estimate of drug-likeness (QED) is 0.486. The second kappa shape index (κ2) is 5.28. The lowest BCUT2D eigenvalue weighted by molar-refractivity contribution is 0.0993. The van der Waals surface area contributed by atoms with Crippen LogP contribution in [0.1, 0.15) is 9.67 Å². The van der Waals surface area contributed by atoms with E-state index in [2.05, 4.69) is 4.98 Å². The molecule has 0 spiro atoms. The molecule has 2 aromatic heterocycles. The molecule has 0 aliphatic carbocycles. The molecule has 0 unspecified atom stereocenters. The van der Waals surface area contributed by atoms with Crippen molar-refractivity contribution in [2.45, 2.75) is 6.54 Å². The van der Waals surface area contributed by atoms with Crippen molar-refractivity contribution in [1.29, 1.82) is 0 Å². The molecule has 2 aromatic carbocycles. The van der Waals surface area contributed by atoms with Gasteiger partial charge in [0, 0.05) is 23.2 Å². The average molecular weight is 372 g/mol. The first-order valence-electron chi connectivity index (χ1n) is 7.78. The van der Waals surface area contributed by atoms with Crippen LogP contribution in [0.3, 0.4) is 0 Å². The molecule has 4 aromatic rings. The molecule has 1 amide bonds. The van der Waals surface area contributed by atoms with Crippen LogP contribution in [0.2, 0.25) is 5.02 Å². The van der Waals surface area contributed by atoms with Crippen LogP contribution in [-0.4, -0.2) is 22.0 Å². The maximum atomic E-state index is 13.4. The second-order valence-corrected chi connectivity index (χ2v) is 7.32. The zero-order chi connectivity index (χ0) is 17.1. The smallest absolute Gasteiger partial charge is 0.272 e. The molecular weight excluding hydrogens is 361 g/mol. The summed E-state index contributed by atoms with van der Waals surface area (Å²) < 4.78 is 16.2. The number of para-hydroxylation sites is 2. The van der Waals surface area contributed by atoms with Crippen molar-refractivity contribution < 1.29 is 9.18 Å². The molecule has 0 atom stereocenters. The summed E-state index contributed by atoms with van der Waals surface area (Å²) in [5.74, 6) is 0.0962. The fourth-order valence-corrected chi connectivity index (χ4v) is 4.77. The van der Waals surface area contributed by atoms with E-state index in [0.29, 0.717) is 39.0 Å². The van der Waals surface area contributed by atoms with Crippen molar-refractivity contribution in [3.63, 3.8) is 0 Å². The van der Waals surface area contributed by atoms with Crippen molar-refractivity contribution in [3.05, 3.63) is 58.2 Å². The molecule has 0 saturated heterocycles. The van der Waals surface area contributed by atoms with Crippen LogP contribution in [-0.2, 0) is 6.54 Å². The van der Waals surface area contributed by atoms with Gasteiger partial charge in [-0.05, 0) is 30.3 Å². The van der Waals surface area contributed by atoms with E-state index >= 15 is 0 Å². The van der Waals surface area contributed by atoms with E-state index in [1.54, 1.807) is 11.0 Å². The van der Waals surface area contributed by atoms with Gasteiger partial charge in [0.2, 0.25) is 5.95 Å². The third-order valence-corrected chi connectivity index (χ3v) is 6.10. The molecule has 0 N–H and O–H groups in total. The fourth-order valence-electron chi connectivity index (χ4n) is 3.28. The third kappa shape index (κ3) is 2.11. The second-order valence-electron chi connectivity index (χ2n) is 5.89. The Balaban J connectivity index is 1.62. The third-order valence-electron chi connectivity index (χ3n) is 4.45. The lowest BCUT2D eigenvalue weighted by atomic mass is 10.2. The summed E-state index contributed by atoms with van der Waals surface area (Å²) >= 11 is 7.62. The predicted molar refractivity (Wildman–Crippen MR) is 98.2 cm³/mol. The summed E-state index contributed by atoms with van der Waals surface area (Å²) in [4.78, 5) is 19.7. The molecule has 0 fully saturated rings. The summed E-state index contributed by atoms with van der Waals surface area (Å²) in [5.41, 5.74) is 1.87. The van der Waals surface area contributed by atoms with Crippen LogP contribution in [0.25, 0.3) is 21.1 Å². The van der Waals surface area contributed by atoms with Gasteiger partial charge >= 0.3 is 0 Å². The first-order chi connectivity index (χ1) is 12.1. The van der Waals surface area contributed by atoms with Gasteiger partial charge in [-0.1, -0.05) is 23.7 Å². The Morgan fingerprint density at radius 1 is 1.20 bits per heavy atom. The Bertz CT molecular complexity index is 1170. The number of aromatic nitrogens is 2. The number of nitrogens with zero attached hydrogens (tertiary/aromatic N) is 3. The van der Waals surface area contributed by atoms with E-state index in [-0.39, 0.29) is 11.7 Å². The topological polar surface area (TPSA) is 38.1 Å². The number of rotatable bonds is 1. The summed E-state index contributed by atoms with van der Waals surface area (Å²) in [6, 6.07) is 12.2. The van der Waals surface area contributed by atoms with Gasteiger partial charge < -0.3 is 4.57 Å². The number of amides is 1. The lowest BCUT2D eigenvalue weighted by Gasteiger charge is -2.12. The number of imidazole rings is 1. The van der Waals surface area contributed by atoms with Gasteiger partial charge in [-0.3, -0.25) is 9.69 Å². The van der Waals surface area contributed by atoms with Gasteiger partial charge in [0.1, 0.15) is 10.7 Å². The number of benzene rings is 2. The predicted octanol–water partition coefficient (Wildman–Crippen LogP) is 4.70. The number of thiophene rings is 1. The maximum absolute atomic E-state index is 13.4. The monoisotopic (exact) mass is 371 g/mol. The molecule has 7 heteroatoms. The first-order valence-corrected chi connectivity index (χ1v) is 8.97. The van der Waals surface area contributed by atoms with Crippen molar-refractivity contribution in [2.24, 2.45) is 0 Å². The zero-order valence-corrected chi connectivity index (χ0v) is 14.4. The van der Waals surface area contributed by atoms with Crippen LogP contribution in [0.15, 0.2) is 42.5 Å². The van der Waals surface area contributed by atoms with Crippen molar-refractivity contribution in [1.82, 2.24) is 9.55 Å². The van der Waals surface area contributed by atoms with Gasteiger partial charge in [-0.15, -0.1) is 11.3 Å². The Morgan fingerprint density at radius 2 is 2.04 bits per heavy atom. The van der Waals surface area contributed by atoms with Gasteiger partial charge in [-0.2, -0.15) is 0 Å². The molecule has 0 bridgehead atoms. The van der Waals surface area contributed by atoms with Crippen molar-refractivity contribution in [3.8, 4) is 0 Å². The molecule has 124 valence electrons. The average Bonchev–Trinajstić information content (AvgIpc) is 3.26. The highest BCUT2D eigenvalue weighted by Gasteiger charge is 2.31. The molecule has 1 aliphatic rings. The standard InChI is InChI=1S/C18H11ClFN3OS/c19-15-11-6-5-10(20)9-14(11)25-16(15)17(24)23-8-7-22-13-4-2-1-3-12(13)21-18(22)23/h1-6,9H,7-8H2. The maximum Gasteiger partial charge on any atom is 0.272 e. The molecule has 1 aliphatic heterocycles. The highest BCUT2D eigenvalue weighted by Crippen LogP contribution is 2.38. The number of halogens is 2. The van der Waals surface area contributed by atoms with E-state index in [4.69, 9.17) is 11.6 Å². The van der Waals surface area contributed by atoms with Gasteiger partial charge in [-0.25, -0.2) is 9.37 Å². The normalized spacial score (nSPS) is 13.8. The zero-order valence-electron chi connectivity index (χ0n) is 12.9. The fraction of sp³-hybridized carbons (Fsp3) is 0.111. The van der Waals surface area contributed by atoms with Gasteiger partial charge in [0.05, 0.1) is 16.1 Å². The molecule has 4 nitrogen and oxygen atoms in total. The highest BCUT2D eigenvalue weighted by atomic mass is 35.5. The Labute approximate surface area is 151 Å². The highest BCUT2D eigenvalue weighted by molar-refractivity contribution is 7.21. The van der Waals surface area contributed by atoms with Crippen molar-refractivity contribution in [2.75, 3.05) is 11.4 Å². The number of anilines is 1.